The third-order valence-electron chi connectivity index (χ3n) is 3.09. The van der Waals surface area contributed by atoms with Gasteiger partial charge in [0.1, 0.15) is 24.0 Å². The Kier molecular flexibility index (Phi) is 5.19. The van der Waals surface area contributed by atoms with E-state index in [1.807, 2.05) is 13.8 Å². The molecule has 4 nitrogen and oxygen atoms in total. The van der Waals surface area contributed by atoms with Gasteiger partial charge >= 0.3 is 7.12 Å². The molecule has 0 bridgehead atoms. The van der Waals surface area contributed by atoms with E-state index in [0.717, 1.165) is 12.1 Å². The van der Waals surface area contributed by atoms with Crippen LogP contribution in [0.1, 0.15) is 13.8 Å². The lowest BCUT2D eigenvalue weighted by molar-refractivity contribution is 0.0337. The topological polar surface area (TPSA) is 36.9 Å². The van der Waals surface area contributed by atoms with Gasteiger partial charge in [-0.2, -0.15) is 0 Å². The van der Waals surface area contributed by atoms with Crippen LogP contribution in [0.5, 0.6) is 5.75 Å². The minimum atomic E-state index is -0.892. The smallest absolute Gasteiger partial charge is 0.491 e. The summed E-state index contributed by atoms with van der Waals surface area (Å²) in [6.45, 7) is 5.32. The van der Waals surface area contributed by atoms with Gasteiger partial charge in [0.25, 0.3) is 0 Å². The van der Waals surface area contributed by atoms with E-state index in [1.165, 1.54) is 7.11 Å². The molecule has 1 aliphatic heterocycles. The summed E-state index contributed by atoms with van der Waals surface area (Å²) in [5.41, 5.74) is -0.0487. The van der Waals surface area contributed by atoms with E-state index < -0.39 is 18.8 Å². The monoisotopic (exact) mass is 300 g/mol. The number of hydrogen-bond acceptors (Lipinski definition) is 4. The highest BCUT2D eigenvalue weighted by Crippen LogP contribution is 2.24. The molecule has 1 aliphatic rings. The Hall–Kier alpha value is -1.18. The molecule has 1 heterocycles. The second-order valence-electron chi connectivity index (χ2n) is 5.76. The molecule has 1 saturated heterocycles. The molecule has 0 unspecified atom stereocenters. The molecule has 7 heteroatoms. The molecular formula is C14H19BF2O4. The predicted molar refractivity (Wildman–Crippen MR) is 74.8 cm³/mol. The molecule has 0 amide bonds. The summed E-state index contributed by atoms with van der Waals surface area (Å²) in [6.07, 6.45) is 0. The highest BCUT2D eigenvalue weighted by atomic mass is 19.1. The molecule has 1 aromatic carbocycles. The fourth-order valence-electron chi connectivity index (χ4n) is 2.00. The number of halogens is 2. The Balaban J connectivity index is 2.20. The average Bonchev–Trinajstić information content (AvgIpc) is 2.40. The van der Waals surface area contributed by atoms with Crippen LogP contribution in [0.15, 0.2) is 12.1 Å². The Morgan fingerprint density at radius 2 is 1.86 bits per heavy atom. The fraction of sp³-hybridized carbons (Fsp3) is 0.571. The van der Waals surface area contributed by atoms with E-state index in [1.54, 1.807) is 0 Å². The summed E-state index contributed by atoms with van der Waals surface area (Å²) in [4.78, 5) is 0. The lowest BCUT2D eigenvalue weighted by atomic mass is 9.75. The molecule has 2 rings (SSSR count). The Morgan fingerprint density at radius 1 is 1.19 bits per heavy atom. The first-order valence-corrected chi connectivity index (χ1v) is 6.77. The maximum absolute atomic E-state index is 14.1. The average molecular weight is 300 g/mol. The van der Waals surface area contributed by atoms with Crippen molar-refractivity contribution >= 4 is 12.6 Å². The standard InChI is InChI=1S/C14H19BF2O4/c1-14(2)8-20-15(21-9-14)13-11(17)6-10(16)7-12(13)19-5-4-18-3/h6-7H,4-5,8-9H2,1-3H3. The number of rotatable bonds is 5. The van der Waals surface area contributed by atoms with Crippen molar-refractivity contribution in [3.63, 3.8) is 0 Å². The van der Waals surface area contributed by atoms with Gasteiger partial charge in [0.15, 0.2) is 0 Å². The second kappa shape index (κ2) is 6.72. The number of methoxy groups -OCH3 is 1. The largest absolute Gasteiger partial charge is 0.500 e. The van der Waals surface area contributed by atoms with Gasteiger partial charge in [-0.25, -0.2) is 8.78 Å². The van der Waals surface area contributed by atoms with Gasteiger partial charge < -0.3 is 18.8 Å². The van der Waals surface area contributed by atoms with E-state index in [0.29, 0.717) is 19.8 Å². The summed E-state index contributed by atoms with van der Waals surface area (Å²) < 4.78 is 48.8. The summed E-state index contributed by atoms with van der Waals surface area (Å²) in [5, 5.41) is 0. The van der Waals surface area contributed by atoms with Gasteiger partial charge in [-0.1, -0.05) is 13.8 Å². The van der Waals surface area contributed by atoms with E-state index in [2.05, 4.69) is 0 Å². The van der Waals surface area contributed by atoms with Gasteiger partial charge in [0.2, 0.25) is 0 Å². The Morgan fingerprint density at radius 3 is 2.48 bits per heavy atom. The van der Waals surface area contributed by atoms with E-state index >= 15 is 0 Å². The molecule has 0 aliphatic carbocycles. The lowest BCUT2D eigenvalue weighted by Gasteiger charge is -2.33. The minimum Gasteiger partial charge on any atom is -0.491 e. The van der Waals surface area contributed by atoms with Crippen LogP contribution < -0.4 is 10.2 Å². The van der Waals surface area contributed by atoms with Gasteiger partial charge in [-0.3, -0.25) is 0 Å². The highest BCUT2D eigenvalue weighted by molar-refractivity contribution is 6.62. The normalized spacial score (nSPS) is 17.9. The quantitative estimate of drug-likeness (QED) is 0.613. The van der Waals surface area contributed by atoms with Crippen molar-refractivity contribution in [1.82, 2.24) is 0 Å². The second-order valence-corrected chi connectivity index (χ2v) is 5.76. The van der Waals surface area contributed by atoms with Crippen molar-refractivity contribution in [2.75, 3.05) is 33.5 Å². The number of ether oxygens (including phenoxy) is 2. The summed E-state index contributed by atoms with van der Waals surface area (Å²) in [5.74, 6) is -1.37. The van der Waals surface area contributed by atoms with E-state index in [4.69, 9.17) is 18.8 Å². The molecule has 0 radical (unpaired) electrons. The van der Waals surface area contributed by atoms with E-state index in [-0.39, 0.29) is 23.2 Å². The van der Waals surface area contributed by atoms with Crippen LogP contribution in [0.4, 0.5) is 8.78 Å². The Labute approximate surface area is 123 Å². The first-order valence-electron chi connectivity index (χ1n) is 6.77. The third-order valence-corrected chi connectivity index (χ3v) is 3.09. The maximum atomic E-state index is 14.1. The first-order chi connectivity index (χ1) is 9.93. The number of benzene rings is 1. The number of hydrogen-bond donors (Lipinski definition) is 0. The fourth-order valence-corrected chi connectivity index (χ4v) is 2.00. The van der Waals surface area contributed by atoms with Crippen LogP contribution in [0, 0.1) is 17.0 Å². The van der Waals surface area contributed by atoms with Crippen LogP contribution >= 0.6 is 0 Å². The maximum Gasteiger partial charge on any atom is 0.500 e. The van der Waals surface area contributed by atoms with Crippen molar-refractivity contribution in [3.05, 3.63) is 23.8 Å². The minimum absolute atomic E-state index is 0.0780. The van der Waals surface area contributed by atoms with Crippen molar-refractivity contribution in [2.24, 2.45) is 5.41 Å². The SMILES string of the molecule is COCCOc1cc(F)cc(F)c1B1OCC(C)(C)CO1. The van der Waals surface area contributed by atoms with Gasteiger partial charge in [0, 0.05) is 37.9 Å². The lowest BCUT2D eigenvalue weighted by Crippen LogP contribution is -2.49. The first kappa shape index (κ1) is 16.2. The summed E-state index contributed by atoms with van der Waals surface area (Å²) in [6, 6.07) is 1.92. The highest BCUT2D eigenvalue weighted by Gasteiger charge is 2.37. The van der Waals surface area contributed by atoms with Crippen molar-refractivity contribution < 1.29 is 27.6 Å². The third kappa shape index (κ3) is 4.15. The summed E-state index contributed by atoms with van der Waals surface area (Å²) in [7, 11) is 0.627. The van der Waals surface area contributed by atoms with Gasteiger partial charge in [0.05, 0.1) is 12.1 Å². The molecule has 116 valence electrons. The molecule has 0 N–H and O–H groups in total. The molecule has 0 atom stereocenters. The molecular weight excluding hydrogens is 281 g/mol. The zero-order valence-corrected chi connectivity index (χ0v) is 12.4. The van der Waals surface area contributed by atoms with Crippen molar-refractivity contribution in [1.29, 1.82) is 0 Å². The molecule has 1 fully saturated rings. The molecule has 0 aromatic heterocycles. The molecule has 0 spiro atoms. The zero-order valence-electron chi connectivity index (χ0n) is 12.4. The van der Waals surface area contributed by atoms with E-state index in [9.17, 15) is 8.78 Å². The van der Waals surface area contributed by atoms with Crippen molar-refractivity contribution in [3.8, 4) is 5.75 Å². The van der Waals surface area contributed by atoms with Crippen molar-refractivity contribution in [2.45, 2.75) is 13.8 Å². The Bertz CT molecular complexity index is 486. The van der Waals surface area contributed by atoms with Crippen LogP contribution in [0.3, 0.4) is 0 Å². The zero-order chi connectivity index (χ0) is 15.5. The van der Waals surface area contributed by atoms with Gasteiger partial charge in [-0.05, 0) is 0 Å². The van der Waals surface area contributed by atoms with Crippen LogP contribution in [-0.2, 0) is 14.0 Å². The molecule has 1 aromatic rings. The van der Waals surface area contributed by atoms with Gasteiger partial charge in [-0.15, -0.1) is 0 Å². The van der Waals surface area contributed by atoms with Crippen LogP contribution in [-0.4, -0.2) is 40.7 Å². The summed E-state index contributed by atoms with van der Waals surface area (Å²) >= 11 is 0. The van der Waals surface area contributed by atoms with Crippen LogP contribution in [0.25, 0.3) is 0 Å². The van der Waals surface area contributed by atoms with Crippen LogP contribution in [0.2, 0.25) is 0 Å². The predicted octanol–water partition coefficient (Wildman–Crippen LogP) is 1.76. The molecule has 21 heavy (non-hydrogen) atoms. The molecule has 0 saturated carbocycles.